The number of esters is 1. The summed E-state index contributed by atoms with van der Waals surface area (Å²) in [6.45, 7) is 6.20. The number of carbonyl (C=O) groups excluding carboxylic acids is 1. The molecule has 7 nitrogen and oxygen atoms in total. The highest BCUT2D eigenvalue weighted by atomic mass is 16.6. The quantitative estimate of drug-likeness (QED) is 0.759. The second kappa shape index (κ2) is 7.74. The number of methoxy groups -OCH3 is 1. The van der Waals surface area contributed by atoms with Crippen LogP contribution in [0.3, 0.4) is 0 Å². The summed E-state index contributed by atoms with van der Waals surface area (Å²) in [6, 6.07) is 4.10. The first-order valence-electron chi connectivity index (χ1n) is 8.25. The third kappa shape index (κ3) is 5.09. The Balaban J connectivity index is 2.26. The van der Waals surface area contributed by atoms with Gasteiger partial charge >= 0.3 is 11.9 Å². The summed E-state index contributed by atoms with van der Waals surface area (Å²) in [5.74, 6) is -0.967. The number of ether oxygens (including phenoxy) is 3. The molecule has 1 saturated heterocycles. The van der Waals surface area contributed by atoms with Gasteiger partial charge in [-0.2, -0.15) is 0 Å². The van der Waals surface area contributed by atoms with Crippen LogP contribution in [0.5, 0.6) is 11.5 Å². The molecular weight excluding hydrogens is 326 g/mol. The Morgan fingerprint density at radius 2 is 2.00 bits per heavy atom. The van der Waals surface area contributed by atoms with Gasteiger partial charge in [0.15, 0.2) is 11.5 Å². The molecule has 25 heavy (non-hydrogen) atoms. The molecule has 0 bridgehead atoms. The molecule has 138 valence electrons. The van der Waals surface area contributed by atoms with Gasteiger partial charge in [0, 0.05) is 0 Å². The molecule has 1 aliphatic rings. The van der Waals surface area contributed by atoms with Crippen molar-refractivity contribution in [1.82, 2.24) is 5.32 Å². The zero-order chi connectivity index (χ0) is 18.6. The highest BCUT2D eigenvalue weighted by molar-refractivity contribution is 5.88. The molecule has 1 heterocycles. The molecule has 2 rings (SSSR count). The van der Waals surface area contributed by atoms with E-state index in [-0.39, 0.29) is 17.4 Å². The van der Waals surface area contributed by atoms with Crippen LogP contribution in [0.1, 0.15) is 44.0 Å². The Bertz CT molecular complexity index is 631. The minimum Gasteiger partial charge on any atom is -0.493 e. The Hall–Kier alpha value is -2.28. The van der Waals surface area contributed by atoms with Gasteiger partial charge in [0.2, 0.25) is 6.10 Å². The Morgan fingerprint density at radius 1 is 1.28 bits per heavy atom. The van der Waals surface area contributed by atoms with Gasteiger partial charge in [-0.25, -0.2) is 9.59 Å². The van der Waals surface area contributed by atoms with Gasteiger partial charge in [0.05, 0.1) is 18.7 Å². The molecule has 0 aromatic heterocycles. The largest absolute Gasteiger partial charge is 0.493 e. The maximum atomic E-state index is 12.6. The Morgan fingerprint density at radius 3 is 2.52 bits per heavy atom. The lowest BCUT2D eigenvalue weighted by molar-refractivity contribution is -0.164. The number of hydrogen-bond acceptors (Lipinski definition) is 6. The number of carboxylic acid groups (broad SMARTS) is 1. The molecule has 1 aliphatic heterocycles. The van der Waals surface area contributed by atoms with E-state index < -0.39 is 23.6 Å². The molecular formula is C18H25NO6. The zero-order valence-corrected chi connectivity index (χ0v) is 15.0. The van der Waals surface area contributed by atoms with E-state index in [0.717, 1.165) is 19.4 Å². The second-order valence-corrected chi connectivity index (χ2v) is 6.95. The third-order valence-electron chi connectivity index (χ3n) is 3.77. The van der Waals surface area contributed by atoms with Crippen molar-refractivity contribution >= 4 is 11.9 Å². The van der Waals surface area contributed by atoms with Crippen molar-refractivity contribution in [3.8, 4) is 11.5 Å². The van der Waals surface area contributed by atoms with Crippen LogP contribution in [0.2, 0.25) is 0 Å². The van der Waals surface area contributed by atoms with E-state index in [9.17, 15) is 9.59 Å². The minimum absolute atomic E-state index is 0.0806. The summed E-state index contributed by atoms with van der Waals surface area (Å²) in [5.41, 5.74) is -0.550. The van der Waals surface area contributed by atoms with Crippen molar-refractivity contribution in [2.24, 2.45) is 0 Å². The maximum absolute atomic E-state index is 12.6. The summed E-state index contributed by atoms with van der Waals surface area (Å²) < 4.78 is 16.6. The standard InChI is InChI=1S/C18H25NO6/c1-18(2,3)25-17(22)15(12-6-5-9-19-12)24-13-8-7-11(16(20)21)10-14(13)23-4/h7-8,10,12,15,19H,5-6,9H2,1-4H3,(H,20,21). The van der Waals surface area contributed by atoms with Crippen LogP contribution in [0, 0.1) is 0 Å². The number of hydrogen-bond donors (Lipinski definition) is 2. The lowest BCUT2D eigenvalue weighted by atomic mass is 10.1. The Kier molecular flexibility index (Phi) is 5.89. The van der Waals surface area contributed by atoms with E-state index >= 15 is 0 Å². The molecule has 1 aromatic carbocycles. The van der Waals surface area contributed by atoms with E-state index in [1.165, 1.54) is 25.3 Å². The lowest BCUT2D eigenvalue weighted by Crippen LogP contribution is -2.47. The van der Waals surface area contributed by atoms with E-state index in [2.05, 4.69) is 5.32 Å². The summed E-state index contributed by atoms with van der Waals surface area (Å²) in [6.07, 6.45) is 0.897. The van der Waals surface area contributed by atoms with Crippen molar-refractivity contribution in [3.05, 3.63) is 23.8 Å². The fourth-order valence-corrected chi connectivity index (χ4v) is 2.66. The van der Waals surface area contributed by atoms with Gasteiger partial charge in [0.1, 0.15) is 5.60 Å². The first kappa shape index (κ1) is 19.1. The zero-order valence-electron chi connectivity index (χ0n) is 15.0. The fraction of sp³-hybridized carbons (Fsp3) is 0.556. The van der Waals surface area contributed by atoms with E-state index in [0.29, 0.717) is 5.75 Å². The van der Waals surface area contributed by atoms with Crippen LogP contribution in [0.4, 0.5) is 0 Å². The van der Waals surface area contributed by atoms with Crippen LogP contribution in [0.15, 0.2) is 18.2 Å². The summed E-state index contributed by atoms with van der Waals surface area (Å²) in [7, 11) is 1.42. The molecule has 0 saturated carbocycles. The van der Waals surface area contributed by atoms with Crippen molar-refractivity contribution < 1.29 is 28.9 Å². The van der Waals surface area contributed by atoms with Crippen LogP contribution < -0.4 is 14.8 Å². The number of nitrogens with one attached hydrogen (secondary N) is 1. The van der Waals surface area contributed by atoms with Crippen LogP contribution in [0.25, 0.3) is 0 Å². The highest BCUT2D eigenvalue weighted by Crippen LogP contribution is 2.31. The van der Waals surface area contributed by atoms with E-state index in [1.807, 2.05) is 0 Å². The summed E-state index contributed by atoms with van der Waals surface area (Å²) >= 11 is 0. The van der Waals surface area contributed by atoms with Crippen LogP contribution in [-0.2, 0) is 9.53 Å². The highest BCUT2D eigenvalue weighted by Gasteiger charge is 2.36. The van der Waals surface area contributed by atoms with Crippen molar-refractivity contribution in [2.75, 3.05) is 13.7 Å². The fourth-order valence-electron chi connectivity index (χ4n) is 2.66. The van der Waals surface area contributed by atoms with Gasteiger partial charge < -0.3 is 24.6 Å². The number of benzene rings is 1. The average molecular weight is 351 g/mol. The smallest absolute Gasteiger partial charge is 0.349 e. The maximum Gasteiger partial charge on any atom is 0.349 e. The predicted octanol–water partition coefficient (Wildman–Crippen LogP) is 2.23. The summed E-state index contributed by atoms with van der Waals surface area (Å²) in [4.78, 5) is 23.7. The van der Waals surface area contributed by atoms with Gasteiger partial charge in [-0.3, -0.25) is 0 Å². The van der Waals surface area contributed by atoms with Crippen LogP contribution >= 0.6 is 0 Å². The molecule has 2 N–H and O–H groups in total. The molecule has 0 spiro atoms. The van der Waals surface area contributed by atoms with Crippen molar-refractivity contribution in [1.29, 1.82) is 0 Å². The Labute approximate surface area is 147 Å². The molecule has 1 aromatic rings. The molecule has 7 heteroatoms. The lowest BCUT2D eigenvalue weighted by Gasteiger charge is -2.28. The van der Waals surface area contributed by atoms with Crippen molar-refractivity contribution in [2.45, 2.75) is 51.4 Å². The molecule has 2 atom stereocenters. The molecule has 2 unspecified atom stereocenters. The van der Waals surface area contributed by atoms with E-state index in [1.54, 1.807) is 20.8 Å². The average Bonchev–Trinajstić information content (AvgIpc) is 3.04. The second-order valence-electron chi connectivity index (χ2n) is 6.95. The van der Waals surface area contributed by atoms with Gasteiger partial charge in [0.25, 0.3) is 0 Å². The summed E-state index contributed by atoms with van der Waals surface area (Å²) in [5, 5.41) is 12.3. The molecule has 1 fully saturated rings. The number of carbonyl (C=O) groups is 2. The monoisotopic (exact) mass is 351 g/mol. The number of carboxylic acids is 1. The number of rotatable bonds is 6. The molecule has 0 amide bonds. The first-order valence-corrected chi connectivity index (χ1v) is 8.25. The third-order valence-corrected chi connectivity index (χ3v) is 3.77. The normalized spacial score (nSPS) is 18.5. The predicted molar refractivity (Wildman–Crippen MR) is 91.2 cm³/mol. The molecule has 0 radical (unpaired) electrons. The molecule has 0 aliphatic carbocycles. The van der Waals surface area contributed by atoms with E-state index in [4.69, 9.17) is 19.3 Å². The SMILES string of the molecule is COc1cc(C(=O)O)ccc1OC(C(=O)OC(C)(C)C)C1CCCN1. The van der Waals surface area contributed by atoms with Crippen molar-refractivity contribution in [3.63, 3.8) is 0 Å². The van der Waals surface area contributed by atoms with Gasteiger partial charge in [-0.15, -0.1) is 0 Å². The van der Waals surface area contributed by atoms with Crippen LogP contribution in [-0.4, -0.2) is 48.4 Å². The number of aromatic carboxylic acids is 1. The topological polar surface area (TPSA) is 94.1 Å². The minimum atomic E-state index is -1.06. The first-order chi connectivity index (χ1) is 11.7. The van der Waals surface area contributed by atoms with Gasteiger partial charge in [-0.1, -0.05) is 0 Å². The van der Waals surface area contributed by atoms with Gasteiger partial charge in [-0.05, 0) is 58.4 Å².